The summed E-state index contributed by atoms with van der Waals surface area (Å²) in [5.74, 6) is 0.689. The van der Waals surface area contributed by atoms with E-state index in [4.69, 9.17) is 4.74 Å². The van der Waals surface area contributed by atoms with E-state index in [1.54, 1.807) is 0 Å². The molecule has 1 saturated heterocycles. The Hall–Kier alpha value is -1.06. The molecule has 1 aromatic carbocycles. The number of ether oxygens (including phenoxy) is 1. The highest BCUT2D eigenvalue weighted by Crippen LogP contribution is 2.25. The molecule has 1 aromatic rings. The van der Waals surface area contributed by atoms with Crippen molar-refractivity contribution in [3.05, 3.63) is 29.8 Å². The summed E-state index contributed by atoms with van der Waals surface area (Å²) in [6, 6.07) is 9.14. The lowest BCUT2D eigenvalue weighted by Gasteiger charge is -2.17. The molecule has 3 unspecified atom stereocenters. The summed E-state index contributed by atoms with van der Waals surface area (Å²) in [6.45, 7) is 5.23. The second-order valence-corrected chi connectivity index (χ2v) is 5.49. The van der Waals surface area contributed by atoms with Crippen molar-refractivity contribution in [2.24, 2.45) is 5.92 Å². The molecule has 0 radical (unpaired) electrons. The standard InChI is InChI=1S/C15H22N2O/c1-11-13(6-7-18-11)9-16-10-14-8-12-4-2-3-5-15(12)17-14/h2-5,11,13-14,16-17H,6-10H2,1H3. The van der Waals surface area contributed by atoms with E-state index in [2.05, 4.69) is 41.8 Å². The fourth-order valence-corrected chi connectivity index (χ4v) is 2.99. The van der Waals surface area contributed by atoms with Crippen LogP contribution < -0.4 is 10.6 Å². The first-order chi connectivity index (χ1) is 8.83. The van der Waals surface area contributed by atoms with Gasteiger partial charge in [0.25, 0.3) is 0 Å². The van der Waals surface area contributed by atoms with Gasteiger partial charge in [0.2, 0.25) is 0 Å². The lowest BCUT2D eigenvalue weighted by atomic mass is 10.0. The predicted octanol–water partition coefficient (Wildman–Crippen LogP) is 2.04. The number of benzene rings is 1. The maximum atomic E-state index is 5.58. The van der Waals surface area contributed by atoms with Crippen LogP contribution in [-0.4, -0.2) is 31.8 Å². The van der Waals surface area contributed by atoms with Gasteiger partial charge in [0, 0.05) is 31.4 Å². The molecule has 2 N–H and O–H groups in total. The van der Waals surface area contributed by atoms with Crippen LogP contribution in [0.3, 0.4) is 0 Å². The van der Waals surface area contributed by atoms with Crippen LogP contribution >= 0.6 is 0 Å². The van der Waals surface area contributed by atoms with E-state index in [1.165, 1.54) is 17.7 Å². The molecule has 3 rings (SSSR count). The van der Waals surface area contributed by atoms with Crippen LogP contribution in [0.4, 0.5) is 5.69 Å². The predicted molar refractivity (Wildman–Crippen MR) is 73.9 cm³/mol. The second kappa shape index (κ2) is 5.29. The summed E-state index contributed by atoms with van der Waals surface area (Å²) in [4.78, 5) is 0. The number of hydrogen-bond acceptors (Lipinski definition) is 3. The van der Waals surface area contributed by atoms with E-state index >= 15 is 0 Å². The van der Waals surface area contributed by atoms with Crippen molar-refractivity contribution in [2.75, 3.05) is 25.0 Å². The van der Waals surface area contributed by atoms with Gasteiger partial charge in [-0.1, -0.05) is 18.2 Å². The van der Waals surface area contributed by atoms with Gasteiger partial charge in [-0.05, 0) is 37.3 Å². The van der Waals surface area contributed by atoms with Crippen molar-refractivity contribution in [1.29, 1.82) is 0 Å². The summed E-state index contributed by atoms with van der Waals surface area (Å²) in [7, 11) is 0. The molecule has 2 aliphatic heterocycles. The molecule has 0 amide bonds. The minimum absolute atomic E-state index is 0.422. The molecule has 0 saturated carbocycles. The average molecular weight is 246 g/mol. The molecule has 3 heteroatoms. The maximum absolute atomic E-state index is 5.58. The van der Waals surface area contributed by atoms with Crippen molar-refractivity contribution >= 4 is 5.69 Å². The smallest absolute Gasteiger partial charge is 0.0588 e. The summed E-state index contributed by atoms with van der Waals surface area (Å²) in [6.07, 6.45) is 2.76. The molecule has 98 valence electrons. The monoisotopic (exact) mass is 246 g/mol. The van der Waals surface area contributed by atoms with E-state index in [9.17, 15) is 0 Å². The molecular formula is C15H22N2O. The van der Waals surface area contributed by atoms with Gasteiger partial charge in [0.15, 0.2) is 0 Å². The van der Waals surface area contributed by atoms with Crippen molar-refractivity contribution < 1.29 is 4.74 Å². The average Bonchev–Trinajstić information content (AvgIpc) is 2.96. The molecular weight excluding hydrogens is 224 g/mol. The first-order valence-electron chi connectivity index (χ1n) is 6.99. The maximum Gasteiger partial charge on any atom is 0.0588 e. The first-order valence-corrected chi connectivity index (χ1v) is 6.99. The molecule has 2 aliphatic rings. The Labute approximate surface area is 109 Å². The van der Waals surface area contributed by atoms with Gasteiger partial charge >= 0.3 is 0 Å². The Balaban J connectivity index is 1.43. The van der Waals surface area contributed by atoms with Crippen molar-refractivity contribution in [2.45, 2.75) is 31.9 Å². The van der Waals surface area contributed by atoms with Crippen LogP contribution in [0.25, 0.3) is 0 Å². The third-order valence-electron chi connectivity index (χ3n) is 4.17. The van der Waals surface area contributed by atoms with E-state index in [0.29, 0.717) is 18.1 Å². The molecule has 0 aliphatic carbocycles. The second-order valence-electron chi connectivity index (χ2n) is 5.49. The Kier molecular flexibility index (Phi) is 3.52. The van der Waals surface area contributed by atoms with Gasteiger partial charge in [0.05, 0.1) is 6.10 Å². The number of anilines is 1. The van der Waals surface area contributed by atoms with Crippen LogP contribution in [-0.2, 0) is 11.2 Å². The SMILES string of the molecule is CC1OCCC1CNCC1Cc2ccccc2N1. The summed E-state index contributed by atoms with van der Waals surface area (Å²) < 4.78 is 5.58. The van der Waals surface area contributed by atoms with Gasteiger partial charge in [-0.2, -0.15) is 0 Å². The molecule has 3 atom stereocenters. The van der Waals surface area contributed by atoms with Gasteiger partial charge in [-0.25, -0.2) is 0 Å². The summed E-state index contributed by atoms with van der Waals surface area (Å²) in [5, 5.41) is 7.17. The fourth-order valence-electron chi connectivity index (χ4n) is 2.99. The van der Waals surface area contributed by atoms with E-state index < -0.39 is 0 Å². The molecule has 2 heterocycles. The Morgan fingerprint density at radius 2 is 2.22 bits per heavy atom. The van der Waals surface area contributed by atoms with Crippen molar-refractivity contribution in [1.82, 2.24) is 5.32 Å². The normalized spacial score (nSPS) is 30.2. The van der Waals surface area contributed by atoms with Crippen LogP contribution in [0.15, 0.2) is 24.3 Å². The Morgan fingerprint density at radius 1 is 1.33 bits per heavy atom. The van der Waals surface area contributed by atoms with Crippen LogP contribution in [0, 0.1) is 5.92 Å². The highest BCUT2D eigenvalue weighted by molar-refractivity contribution is 5.56. The van der Waals surface area contributed by atoms with Gasteiger partial charge in [-0.15, -0.1) is 0 Å². The molecule has 1 fully saturated rings. The highest BCUT2D eigenvalue weighted by atomic mass is 16.5. The Bertz CT molecular complexity index is 382. The van der Waals surface area contributed by atoms with Crippen molar-refractivity contribution in [3.8, 4) is 0 Å². The lowest BCUT2D eigenvalue weighted by molar-refractivity contribution is 0.105. The lowest BCUT2D eigenvalue weighted by Crippen LogP contribution is -2.35. The van der Waals surface area contributed by atoms with Crippen molar-refractivity contribution in [3.63, 3.8) is 0 Å². The van der Waals surface area contributed by atoms with Gasteiger partial charge in [0.1, 0.15) is 0 Å². The van der Waals surface area contributed by atoms with E-state index in [1.807, 2.05) is 0 Å². The van der Waals surface area contributed by atoms with Gasteiger partial charge in [-0.3, -0.25) is 0 Å². The highest BCUT2D eigenvalue weighted by Gasteiger charge is 2.24. The minimum atomic E-state index is 0.422. The minimum Gasteiger partial charge on any atom is -0.380 e. The zero-order valence-corrected chi connectivity index (χ0v) is 11.0. The zero-order valence-electron chi connectivity index (χ0n) is 11.0. The third kappa shape index (κ3) is 2.52. The fraction of sp³-hybridized carbons (Fsp3) is 0.600. The number of para-hydroxylation sites is 1. The third-order valence-corrected chi connectivity index (χ3v) is 4.17. The number of nitrogens with one attached hydrogen (secondary N) is 2. The quantitative estimate of drug-likeness (QED) is 0.853. The molecule has 0 spiro atoms. The largest absolute Gasteiger partial charge is 0.380 e. The van der Waals surface area contributed by atoms with E-state index in [-0.39, 0.29) is 0 Å². The molecule has 18 heavy (non-hydrogen) atoms. The summed E-state index contributed by atoms with van der Waals surface area (Å²) >= 11 is 0. The van der Waals surface area contributed by atoms with Crippen LogP contribution in [0.5, 0.6) is 0 Å². The Morgan fingerprint density at radius 3 is 3.00 bits per heavy atom. The number of hydrogen-bond donors (Lipinski definition) is 2. The van der Waals surface area contributed by atoms with Gasteiger partial charge < -0.3 is 15.4 Å². The first kappa shape index (κ1) is 12.0. The molecule has 3 nitrogen and oxygen atoms in total. The number of rotatable bonds is 4. The molecule has 0 bridgehead atoms. The molecule has 0 aromatic heterocycles. The van der Waals surface area contributed by atoms with Crippen LogP contribution in [0.2, 0.25) is 0 Å². The van der Waals surface area contributed by atoms with E-state index in [0.717, 1.165) is 26.1 Å². The summed E-state index contributed by atoms with van der Waals surface area (Å²) in [5.41, 5.74) is 2.75. The zero-order chi connectivity index (χ0) is 12.4. The van der Waals surface area contributed by atoms with Crippen LogP contribution in [0.1, 0.15) is 18.9 Å². The number of fused-ring (bicyclic) bond motifs is 1. The topological polar surface area (TPSA) is 33.3 Å².